The summed E-state index contributed by atoms with van der Waals surface area (Å²) in [5.74, 6) is 0.290. The van der Waals surface area contributed by atoms with Crippen molar-refractivity contribution >= 4 is 17.0 Å². The molecule has 0 saturated heterocycles. The third-order valence-corrected chi connectivity index (χ3v) is 3.02. The lowest BCUT2D eigenvalue weighted by Crippen LogP contribution is -2.07. The summed E-state index contributed by atoms with van der Waals surface area (Å²) in [5, 5.41) is 8.94. The standard InChI is InChI=1S/C14H12N4O2/c1-8-9(14(19)20)7-15-12(16-8)6-13-17-10-4-2-3-5-11(10)18-13/h2-5,7H,6H2,1H3,(H,17,18)(H,19,20). The fourth-order valence-electron chi connectivity index (χ4n) is 2.05. The highest BCUT2D eigenvalue weighted by Crippen LogP contribution is 2.12. The Hall–Kier alpha value is -2.76. The van der Waals surface area contributed by atoms with Crippen LogP contribution in [0.25, 0.3) is 11.0 Å². The van der Waals surface area contributed by atoms with Crippen LogP contribution in [0.3, 0.4) is 0 Å². The Morgan fingerprint density at radius 1 is 1.30 bits per heavy atom. The van der Waals surface area contributed by atoms with Crippen molar-refractivity contribution in [1.29, 1.82) is 0 Å². The molecule has 20 heavy (non-hydrogen) atoms. The van der Waals surface area contributed by atoms with Gasteiger partial charge < -0.3 is 10.1 Å². The van der Waals surface area contributed by atoms with E-state index in [9.17, 15) is 4.79 Å². The van der Waals surface area contributed by atoms with E-state index in [0.29, 0.717) is 17.9 Å². The second-order valence-electron chi connectivity index (χ2n) is 4.47. The molecule has 0 amide bonds. The van der Waals surface area contributed by atoms with Crippen LogP contribution in [-0.4, -0.2) is 31.0 Å². The molecule has 0 radical (unpaired) electrons. The molecule has 3 aromatic rings. The normalized spacial score (nSPS) is 10.8. The molecular weight excluding hydrogens is 256 g/mol. The van der Waals surface area contributed by atoms with Crippen LogP contribution in [0.1, 0.15) is 27.7 Å². The first-order valence-electron chi connectivity index (χ1n) is 6.13. The van der Waals surface area contributed by atoms with Gasteiger partial charge in [0.2, 0.25) is 0 Å². The molecule has 6 heteroatoms. The average molecular weight is 268 g/mol. The molecule has 0 spiro atoms. The van der Waals surface area contributed by atoms with Gasteiger partial charge in [-0.2, -0.15) is 0 Å². The molecule has 0 bridgehead atoms. The SMILES string of the molecule is Cc1nc(Cc2nc3ccccc3[nH]2)ncc1C(=O)O. The number of aromatic amines is 1. The smallest absolute Gasteiger partial charge is 0.339 e. The Balaban J connectivity index is 1.90. The lowest BCUT2D eigenvalue weighted by Gasteiger charge is -2.02. The van der Waals surface area contributed by atoms with Gasteiger partial charge in [-0.3, -0.25) is 0 Å². The van der Waals surface area contributed by atoms with Crippen molar-refractivity contribution in [3.8, 4) is 0 Å². The maximum atomic E-state index is 10.9. The number of hydrogen-bond donors (Lipinski definition) is 2. The van der Waals surface area contributed by atoms with Gasteiger partial charge in [0.15, 0.2) is 0 Å². The van der Waals surface area contributed by atoms with Crippen LogP contribution in [0, 0.1) is 6.92 Å². The minimum absolute atomic E-state index is 0.123. The van der Waals surface area contributed by atoms with E-state index in [0.717, 1.165) is 16.9 Å². The summed E-state index contributed by atoms with van der Waals surface area (Å²) in [5.41, 5.74) is 2.43. The summed E-state index contributed by atoms with van der Waals surface area (Å²) in [6, 6.07) is 7.74. The second-order valence-corrected chi connectivity index (χ2v) is 4.47. The van der Waals surface area contributed by atoms with Gasteiger partial charge in [-0.15, -0.1) is 0 Å². The number of carbonyl (C=O) groups is 1. The number of aryl methyl sites for hydroxylation is 1. The maximum Gasteiger partial charge on any atom is 0.339 e. The van der Waals surface area contributed by atoms with Crippen molar-refractivity contribution in [3.63, 3.8) is 0 Å². The second kappa shape index (κ2) is 4.73. The molecule has 0 aliphatic rings. The molecule has 0 aliphatic heterocycles. The van der Waals surface area contributed by atoms with E-state index in [1.54, 1.807) is 6.92 Å². The summed E-state index contributed by atoms with van der Waals surface area (Å²) in [6.45, 7) is 1.66. The highest BCUT2D eigenvalue weighted by molar-refractivity contribution is 5.88. The van der Waals surface area contributed by atoms with Gasteiger partial charge in [0.05, 0.1) is 28.7 Å². The summed E-state index contributed by atoms with van der Waals surface area (Å²) in [4.78, 5) is 26.8. The largest absolute Gasteiger partial charge is 0.478 e. The third kappa shape index (κ3) is 2.23. The van der Waals surface area contributed by atoms with Gasteiger partial charge >= 0.3 is 5.97 Å². The van der Waals surface area contributed by atoms with E-state index < -0.39 is 5.97 Å². The predicted octanol–water partition coefficient (Wildman–Crippen LogP) is 1.95. The molecule has 0 saturated carbocycles. The van der Waals surface area contributed by atoms with Gasteiger partial charge in [0, 0.05) is 6.20 Å². The predicted molar refractivity (Wildman–Crippen MR) is 72.6 cm³/mol. The number of aromatic nitrogens is 4. The lowest BCUT2D eigenvalue weighted by molar-refractivity contribution is 0.0695. The quantitative estimate of drug-likeness (QED) is 0.757. The van der Waals surface area contributed by atoms with Crippen molar-refractivity contribution in [2.75, 3.05) is 0 Å². The minimum atomic E-state index is -1.02. The molecule has 0 atom stereocenters. The molecule has 2 aromatic heterocycles. The molecule has 0 unspecified atom stereocenters. The lowest BCUT2D eigenvalue weighted by atomic mass is 10.2. The van der Waals surface area contributed by atoms with E-state index >= 15 is 0 Å². The zero-order chi connectivity index (χ0) is 14.1. The zero-order valence-corrected chi connectivity index (χ0v) is 10.8. The summed E-state index contributed by atoms with van der Waals surface area (Å²) >= 11 is 0. The molecule has 0 aliphatic carbocycles. The van der Waals surface area contributed by atoms with Crippen molar-refractivity contribution in [3.05, 3.63) is 53.4 Å². The summed E-state index contributed by atoms with van der Waals surface area (Å²) < 4.78 is 0. The van der Waals surface area contributed by atoms with E-state index in [4.69, 9.17) is 5.11 Å². The Bertz CT molecular complexity index is 762. The Labute approximate surface area is 114 Å². The van der Waals surface area contributed by atoms with E-state index in [-0.39, 0.29) is 5.56 Å². The van der Waals surface area contributed by atoms with Crippen molar-refractivity contribution in [2.45, 2.75) is 13.3 Å². The van der Waals surface area contributed by atoms with E-state index in [1.807, 2.05) is 24.3 Å². The molecular formula is C14H12N4O2. The number of hydrogen-bond acceptors (Lipinski definition) is 4. The number of aromatic carboxylic acids is 1. The van der Waals surface area contributed by atoms with Crippen LogP contribution < -0.4 is 0 Å². The Morgan fingerprint density at radius 3 is 2.80 bits per heavy atom. The van der Waals surface area contributed by atoms with Crippen LogP contribution in [0.5, 0.6) is 0 Å². The first kappa shape index (κ1) is 12.3. The Kier molecular flexibility index (Phi) is 2.90. The molecule has 3 rings (SSSR count). The summed E-state index contributed by atoms with van der Waals surface area (Å²) in [6.07, 6.45) is 1.78. The monoisotopic (exact) mass is 268 g/mol. The first-order valence-corrected chi connectivity index (χ1v) is 6.13. The van der Waals surface area contributed by atoms with Crippen molar-refractivity contribution in [2.24, 2.45) is 0 Å². The number of fused-ring (bicyclic) bond motifs is 1. The number of nitrogens with zero attached hydrogens (tertiary/aromatic N) is 3. The van der Waals surface area contributed by atoms with Gasteiger partial charge in [0.1, 0.15) is 11.6 Å². The van der Waals surface area contributed by atoms with Gasteiger partial charge in [0.25, 0.3) is 0 Å². The number of para-hydroxylation sites is 2. The topological polar surface area (TPSA) is 91.8 Å². The first-order chi connectivity index (χ1) is 9.63. The van der Waals surface area contributed by atoms with Crippen LogP contribution >= 0.6 is 0 Å². The summed E-state index contributed by atoms with van der Waals surface area (Å²) in [7, 11) is 0. The minimum Gasteiger partial charge on any atom is -0.478 e. The van der Waals surface area contributed by atoms with E-state index in [1.165, 1.54) is 6.20 Å². The number of H-pyrrole nitrogens is 1. The Morgan fingerprint density at radius 2 is 2.10 bits per heavy atom. The number of rotatable bonds is 3. The number of imidazole rings is 1. The number of nitrogens with one attached hydrogen (secondary N) is 1. The molecule has 0 fully saturated rings. The maximum absolute atomic E-state index is 10.9. The highest BCUT2D eigenvalue weighted by atomic mass is 16.4. The highest BCUT2D eigenvalue weighted by Gasteiger charge is 2.11. The molecule has 2 N–H and O–H groups in total. The van der Waals surface area contributed by atoms with Gasteiger partial charge in [-0.1, -0.05) is 12.1 Å². The van der Waals surface area contributed by atoms with Crippen molar-refractivity contribution in [1.82, 2.24) is 19.9 Å². The van der Waals surface area contributed by atoms with Gasteiger partial charge in [-0.05, 0) is 19.1 Å². The number of carboxylic acid groups (broad SMARTS) is 1. The molecule has 6 nitrogen and oxygen atoms in total. The van der Waals surface area contributed by atoms with E-state index in [2.05, 4.69) is 19.9 Å². The fourth-order valence-corrected chi connectivity index (χ4v) is 2.05. The zero-order valence-electron chi connectivity index (χ0n) is 10.8. The number of carboxylic acids is 1. The fraction of sp³-hybridized carbons (Fsp3) is 0.143. The third-order valence-electron chi connectivity index (χ3n) is 3.02. The van der Waals surface area contributed by atoms with Crippen LogP contribution in [0.2, 0.25) is 0 Å². The van der Waals surface area contributed by atoms with Crippen LogP contribution in [0.4, 0.5) is 0 Å². The van der Waals surface area contributed by atoms with Crippen molar-refractivity contribution < 1.29 is 9.90 Å². The van der Waals surface area contributed by atoms with Crippen LogP contribution in [-0.2, 0) is 6.42 Å². The molecule has 1 aromatic carbocycles. The van der Waals surface area contributed by atoms with Gasteiger partial charge in [-0.25, -0.2) is 19.7 Å². The number of benzene rings is 1. The molecule has 100 valence electrons. The molecule has 2 heterocycles. The average Bonchev–Trinajstić information content (AvgIpc) is 2.80. The van der Waals surface area contributed by atoms with Crippen LogP contribution in [0.15, 0.2) is 30.5 Å².